The number of carboxylic acid groups (broad SMARTS) is 1. The van der Waals surface area contributed by atoms with Gasteiger partial charge in [0.15, 0.2) is 0 Å². The summed E-state index contributed by atoms with van der Waals surface area (Å²) in [7, 11) is 1.58. The van der Waals surface area contributed by atoms with Crippen LogP contribution in [-0.2, 0) is 4.79 Å². The molecule has 6 heteroatoms. The van der Waals surface area contributed by atoms with Crippen LogP contribution in [0.4, 0.5) is 8.78 Å². The average Bonchev–Trinajstić information content (AvgIpc) is 2.35. The van der Waals surface area contributed by atoms with E-state index in [2.05, 4.69) is 0 Å². The predicted octanol–water partition coefficient (Wildman–Crippen LogP) is 0.340. The van der Waals surface area contributed by atoms with Crippen LogP contribution in [0.5, 0.6) is 0 Å². The molecule has 12 heavy (non-hydrogen) atoms. The molecule has 4 nitrogen and oxygen atoms in total. The third-order valence-corrected chi connectivity index (χ3v) is 1.49. The standard InChI is InChI=1S/C6H8F2N2O2/c1-9-2-3-10(4-9)6(7,8)5(11)12/h2-3H,4H2,1H3,(H,11,12). The second kappa shape index (κ2) is 2.62. The zero-order valence-electron chi connectivity index (χ0n) is 6.37. The molecule has 0 fully saturated rings. The van der Waals surface area contributed by atoms with Crippen molar-refractivity contribution in [3.05, 3.63) is 12.4 Å². The summed E-state index contributed by atoms with van der Waals surface area (Å²) in [6.45, 7) is -0.112. The Kier molecular flexibility index (Phi) is 1.91. The van der Waals surface area contributed by atoms with Crippen LogP contribution < -0.4 is 0 Å². The lowest BCUT2D eigenvalue weighted by Gasteiger charge is -2.23. The van der Waals surface area contributed by atoms with E-state index in [4.69, 9.17) is 5.11 Å². The van der Waals surface area contributed by atoms with Gasteiger partial charge in [-0.25, -0.2) is 4.79 Å². The molecular formula is C6H8F2N2O2. The Balaban J connectivity index is 2.71. The molecule has 0 aromatic carbocycles. The van der Waals surface area contributed by atoms with Crippen LogP contribution in [0.25, 0.3) is 0 Å². The lowest BCUT2D eigenvalue weighted by atomic mass is 10.5. The molecule has 1 aliphatic rings. The molecule has 0 saturated heterocycles. The van der Waals surface area contributed by atoms with E-state index < -0.39 is 12.0 Å². The SMILES string of the molecule is CN1C=CN(C(F)(F)C(=O)O)C1. The van der Waals surface area contributed by atoms with Gasteiger partial charge in [0.2, 0.25) is 0 Å². The van der Waals surface area contributed by atoms with E-state index in [1.165, 1.54) is 11.1 Å². The van der Waals surface area contributed by atoms with E-state index >= 15 is 0 Å². The van der Waals surface area contributed by atoms with Gasteiger partial charge in [-0.3, -0.25) is 4.90 Å². The van der Waals surface area contributed by atoms with E-state index in [1.807, 2.05) is 0 Å². The topological polar surface area (TPSA) is 43.8 Å². The fourth-order valence-corrected chi connectivity index (χ4v) is 0.834. The number of carbonyl (C=O) groups is 1. The molecule has 0 aliphatic carbocycles. The van der Waals surface area contributed by atoms with Crippen molar-refractivity contribution in [2.45, 2.75) is 6.05 Å². The minimum absolute atomic E-state index is 0.112. The molecule has 1 aliphatic heterocycles. The molecule has 0 unspecified atom stereocenters. The summed E-state index contributed by atoms with van der Waals surface area (Å²) in [6.07, 6.45) is 2.44. The summed E-state index contributed by atoms with van der Waals surface area (Å²) in [5.41, 5.74) is 0. The number of aliphatic carboxylic acids is 1. The first-order chi connectivity index (χ1) is 5.44. The van der Waals surface area contributed by atoms with Crippen molar-refractivity contribution in [1.29, 1.82) is 0 Å². The van der Waals surface area contributed by atoms with E-state index in [0.717, 1.165) is 6.20 Å². The molecule has 0 radical (unpaired) electrons. The Hall–Kier alpha value is -1.33. The van der Waals surface area contributed by atoms with Gasteiger partial charge in [0.1, 0.15) is 0 Å². The first-order valence-corrected chi connectivity index (χ1v) is 3.21. The summed E-state index contributed by atoms with van der Waals surface area (Å²) >= 11 is 0. The molecule has 0 aromatic rings. The third-order valence-electron chi connectivity index (χ3n) is 1.49. The maximum Gasteiger partial charge on any atom is 0.424 e. The maximum atomic E-state index is 12.7. The van der Waals surface area contributed by atoms with Gasteiger partial charge in [-0.1, -0.05) is 0 Å². The number of carboxylic acids is 1. The highest BCUT2D eigenvalue weighted by Crippen LogP contribution is 2.23. The fourth-order valence-electron chi connectivity index (χ4n) is 0.834. The molecule has 0 aromatic heterocycles. The first kappa shape index (κ1) is 8.76. The lowest BCUT2D eigenvalue weighted by Crippen LogP contribution is -2.45. The van der Waals surface area contributed by atoms with Crippen LogP contribution in [0.15, 0.2) is 12.4 Å². The molecular weight excluding hydrogens is 170 g/mol. The zero-order valence-corrected chi connectivity index (χ0v) is 6.37. The number of hydrogen-bond donors (Lipinski definition) is 1. The van der Waals surface area contributed by atoms with E-state index in [9.17, 15) is 13.6 Å². The summed E-state index contributed by atoms with van der Waals surface area (Å²) < 4.78 is 25.3. The van der Waals surface area contributed by atoms with Gasteiger partial charge in [-0.2, -0.15) is 8.78 Å². The second-order valence-electron chi connectivity index (χ2n) is 2.51. The maximum absolute atomic E-state index is 12.7. The predicted molar refractivity (Wildman–Crippen MR) is 36.2 cm³/mol. The highest BCUT2D eigenvalue weighted by atomic mass is 19.3. The molecule has 68 valence electrons. The van der Waals surface area contributed by atoms with Crippen molar-refractivity contribution in [3.8, 4) is 0 Å². The Labute approximate surface area is 67.7 Å². The fraction of sp³-hybridized carbons (Fsp3) is 0.500. The van der Waals surface area contributed by atoms with Crippen LogP contribution in [0, 0.1) is 0 Å². The van der Waals surface area contributed by atoms with Crippen LogP contribution in [-0.4, -0.2) is 40.6 Å². The smallest absolute Gasteiger partial charge is 0.424 e. The highest BCUT2D eigenvalue weighted by molar-refractivity contribution is 5.74. The number of hydrogen-bond acceptors (Lipinski definition) is 3. The molecule has 0 saturated carbocycles. The van der Waals surface area contributed by atoms with Gasteiger partial charge in [0, 0.05) is 19.4 Å². The third kappa shape index (κ3) is 1.32. The monoisotopic (exact) mass is 178 g/mol. The molecule has 0 atom stereocenters. The van der Waals surface area contributed by atoms with Gasteiger partial charge >= 0.3 is 12.0 Å². The van der Waals surface area contributed by atoms with E-state index in [1.54, 1.807) is 7.05 Å². The molecule has 0 bridgehead atoms. The van der Waals surface area contributed by atoms with Crippen molar-refractivity contribution >= 4 is 5.97 Å². The molecule has 1 heterocycles. The number of halogens is 2. The lowest BCUT2D eigenvalue weighted by molar-refractivity contribution is -0.190. The van der Waals surface area contributed by atoms with E-state index in [0.29, 0.717) is 4.90 Å². The number of alkyl halides is 2. The summed E-state index contributed by atoms with van der Waals surface area (Å²) in [4.78, 5) is 12.0. The second-order valence-corrected chi connectivity index (χ2v) is 2.51. The zero-order chi connectivity index (χ0) is 9.35. The van der Waals surface area contributed by atoms with E-state index in [-0.39, 0.29) is 6.67 Å². The van der Waals surface area contributed by atoms with Crippen LogP contribution >= 0.6 is 0 Å². The molecule has 1 N–H and O–H groups in total. The van der Waals surface area contributed by atoms with Crippen molar-refractivity contribution in [3.63, 3.8) is 0 Å². The van der Waals surface area contributed by atoms with Crippen LogP contribution in [0.2, 0.25) is 0 Å². The molecule has 0 amide bonds. The Morgan fingerprint density at radius 2 is 2.17 bits per heavy atom. The van der Waals surface area contributed by atoms with Crippen LogP contribution in [0.1, 0.15) is 0 Å². The molecule has 0 spiro atoms. The van der Waals surface area contributed by atoms with Gasteiger partial charge in [-0.15, -0.1) is 0 Å². The largest absolute Gasteiger partial charge is 0.475 e. The van der Waals surface area contributed by atoms with Crippen molar-refractivity contribution in [2.75, 3.05) is 13.7 Å². The number of nitrogens with zero attached hydrogens (tertiary/aromatic N) is 2. The normalized spacial score (nSPS) is 17.2. The summed E-state index contributed by atoms with van der Waals surface area (Å²) in [5, 5.41) is 8.14. The highest BCUT2D eigenvalue weighted by Gasteiger charge is 2.45. The van der Waals surface area contributed by atoms with Crippen molar-refractivity contribution in [1.82, 2.24) is 9.80 Å². The summed E-state index contributed by atoms with van der Waals surface area (Å²) in [5.74, 6) is -2.14. The Morgan fingerprint density at radius 1 is 1.58 bits per heavy atom. The van der Waals surface area contributed by atoms with Gasteiger partial charge in [-0.05, 0) is 0 Å². The quantitative estimate of drug-likeness (QED) is 0.619. The van der Waals surface area contributed by atoms with Gasteiger partial charge in [0.25, 0.3) is 0 Å². The number of rotatable bonds is 2. The van der Waals surface area contributed by atoms with Crippen molar-refractivity contribution < 1.29 is 18.7 Å². The Morgan fingerprint density at radius 3 is 2.50 bits per heavy atom. The minimum Gasteiger partial charge on any atom is -0.475 e. The first-order valence-electron chi connectivity index (χ1n) is 3.21. The van der Waals surface area contributed by atoms with Gasteiger partial charge < -0.3 is 10.0 Å². The molecule has 1 rings (SSSR count). The van der Waals surface area contributed by atoms with Gasteiger partial charge in [0.05, 0.1) is 6.67 Å². The van der Waals surface area contributed by atoms with Crippen LogP contribution in [0.3, 0.4) is 0 Å². The average molecular weight is 178 g/mol. The minimum atomic E-state index is -3.82. The Bertz CT molecular complexity index is 230. The van der Waals surface area contributed by atoms with Crippen molar-refractivity contribution in [2.24, 2.45) is 0 Å². The summed E-state index contributed by atoms with van der Waals surface area (Å²) in [6, 6.07) is -3.82.